The number of nitrogens with zero attached hydrogens (tertiary/aromatic N) is 1. The molecule has 2 aromatic rings. The zero-order chi connectivity index (χ0) is 13.9. The summed E-state index contributed by atoms with van der Waals surface area (Å²) in [6.45, 7) is -3.73. The lowest BCUT2D eigenvalue weighted by molar-refractivity contribution is 1.02. The third kappa shape index (κ3) is 2.18. The van der Waals surface area contributed by atoms with E-state index < -0.39 is 13.4 Å². The van der Waals surface area contributed by atoms with Crippen LogP contribution < -0.4 is 4.90 Å². The summed E-state index contributed by atoms with van der Waals surface area (Å²) in [5, 5.41) is 0. The van der Waals surface area contributed by atoms with Crippen molar-refractivity contribution in [2.45, 2.75) is 6.88 Å². The zero-order valence-corrected chi connectivity index (χ0v) is 8.30. The summed E-state index contributed by atoms with van der Waals surface area (Å²) in [6.07, 6.45) is 0. The molecule has 0 aromatic heterocycles. The van der Waals surface area contributed by atoms with Gasteiger partial charge in [0.05, 0.1) is 0 Å². The summed E-state index contributed by atoms with van der Waals surface area (Å²) in [6, 6.07) is 18.0. The summed E-state index contributed by atoms with van der Waals surface area (Å²) < 4.78 is 31.0. The third-order valence-electron chi connectivity index (χ3n) is 2.16. The van der Waals surface area contributed by atoms with Gasteiger partial charge in [-0.05, 0) is 31.1 Å². The first kappa shape index (κ1) is 5.96. The van der Waals surface area contributed by atoms with Gasteiger partial charge in [0.15, 0.2) is 0 Å². The van der Waals surface area contributed by atoms with Gasteiger partial charge in [0.25, 0.3) is 0 Å². The predicted molar refractivity (Wildman–Crippen MR) is 65.6 cm³/mol. The molecule has 0 fully saturated rings. The number of rotatable bonds is 3. The molecule has 76 valence electrons. The Balaban J connectivity index is 2.52. The molecule has 1 nitrogen and oxygen atoms in total. The summed E-state index contributed by atoms with van der Waals surface area (Å²) in [4.78, 5) is 1.39. The number of para-hydroxylation sites is 2. The van der Waals surface area contributed by atoms with Crippen molar-refractivity contribution in [3.63, 3.8) is 0 Å². The summed E-state index contributed by atoms with van der Waals surface area (Å²) in [5.41, 5.74) is 1.26. The second-order valence-corrected chi connectivity index (χ2v) is 3.14. The van der Waals surface area contributed by atoms with Crippen LogP contribution in [0.4, 0.5) is 11.4 Å². The van der Waals surface area contributed by atoms with Gasteiger partial charge in [-0.15, -0.1) is 0 Å². The van der Waals surface area contributed by atoms with Crippen molar-refractivity contribution in [2.24, 2.45) is 0 Å². The number of anilines is 2. The van der Waals surface area contributed by atoms with Crippen LogP contribution in [0.1, 0.15) is 12.4 Å². The fourth-order valence-corrected chi connectivity index (χ4v) is 1.45. The Morgan fingerprint density at radius 2 is 1.40 bits per heavy atom. The molecule has 0 saturated heterocycles. The van der Waals surface area contributed by atoms with Gasteiger partial charge in [-0.3, -0.25) is 0 Å². The van der Waals surface area contributed by atoms with Gasteiger partial charge in [-0.25, -0.2) is 0 Å². The van der Waals surface area contributed by atoms with Crippen LogP contribution in [0, 0.1) is 0 Å². The molecule has 0 N–H and O–H groups in total. The van der Waals surface area contributed by atoms with E-state index in [2.05, 4.69) is 0 Å². The molecule has 0 aliphatic carbocycles. The van der Waals surface area contributed by atoms with E-state index in [0.717, 1.165) is 0 Å². The number of hydrogen-bond donors (Lipinski definition) is 0. The van der Waals surface area contributed by atoms with E-state index >= 15 is 0 Å². The Morgan fingerprint density at radius 3 is 1.80 bits per heavy atom. The Morgan fingerprint density at radius 1 is 0.933 bits per heavy atom. The predicted octanol–water partition coefficient (Wildman–Crippen LogP) is 3.84. The highest BCUT2D eigenvalue weighted by Gasteiger charge is 2.04. The standard InChI is InChI=1S/C14H15N/c1-2-15(13-9-5-3-6-10-13)14-11-7-4-8-12-14/h3-12H,2H2,1H3/i1D2,2D2. The maximum absolute atomic E-state index is 8.03. The number of hydrogen-bond acceptors (Lipinski definition) is 1. The van der Waals surface area contributed by atoms with E-state index in [1.807, 2.05) is 36.4 Å². The van der Waals surface area contributed by atoms with E-state index in [1.165, 1.54) is 4.90 Å². The molecule has 0 radical (unpaired) electrons. The van der Waals surface area contributed by atoms with Crippen molar-refractivity contribution < 1.29 is 5.48 Å². The van der Waals surface area contributed by atoms with Crippen LogP contribution in [-0.4, -0.2) is 6.50 Å². The average Bonchev–Trinajstić information content (AvgIpc) is 2.41. The highest BCUT2D eigenvalue weighted by molar-refractivity contribution is 5.62. The molecule has 0 saturated carbocycles. The highest BCUT2D eigenvalue weighted by atomic mass is 15.1. The molecule has 0 atom stereocenters. The van der Waals surface area contributed by atoms with E-state index in [1.54, 1.807) is 24.3 Å². The molecule has 0 aliphatic heterocycles. The van der Waals surface area contributed by atoms with Crippen molar-refractivity contribution >= 4 is 11.4 Å². The van der Waals surface area contributed by atoms with E-state index in [-0.39, 0.29) is 0 Å². The van der Waals surface area contributed by atoms with E-state index in [4.69, 9.17) is 5.48 Å². The molecule has 2 rings (SSSR count). The molecule has 0 amide bonds. The van der Waals surface area contributed by atoms with Crippen molar-refractivity contribution in [1.82, 2.24) is 0 Å². The van der Waals surface area contributed by atoms with Gasteiger partial charge in [0, 0.05) is 23.4 Å². The molecule has 0 spiro atoms. The van der Waals surface area contributed by atoms with Crippen molar-refractivity contribution in [3.05, 3.63) is 60.7 Å². The van der Waals surface area contributed by atoms with Crippen LogP contribution in [0.5, 0.6) is 0 Å². The minimum Gasteiger partial charge on any atom is -0.342 e. The van der Waals surface area contributed by atoms with Crippen molar-refractivity contribution in [3.8, 4) is 0 Å². The maximum Gasteiger partial charge on any atom is 0.0494 e. The fraction of sp³-hybridized carbons (Fsp3) is 0.143. The van der Waals surface area contributed by atoms with Crippen molar-refractivity contribution in [1.29, 1.82) is 0 Å². The second-order valence-electron chi connectivity index (χ2n) is 3.14. The topological polar surface area (TPSA) is 3.24 Å². The van der Waals surface area contributed by atoms with Crippen LogP contribution >= 0.6 is 0 Å². The quantitative estimate of drug-likeness (QED) is 0.729. The molecular formula is C14H15N. The van der Waals surface area contributed by atoms with Gasteiger partial charge in [-0.2, -0.15) is 0 Å². The lowest BCUT2D eigenvalue weighted by atomic mass is 10.2. The molecule has 15 heavy (non-hydrogen) atoms. The van der Waals surface area contributed by atoms with Crippen LogP contribution in [0.3, 0.4) is 0 Å². The molecule has 2 aromatic carbocycles. The van der Waals surface area contributed by atoms with Gasteiger partial charge in [0.2, 0.25) is 0 Å². The SMILES string of the molecule is [2H]C([2H])C([2H])([2H])N(c1ccccc1)c1ccccc1. The van der Waals surface area contributed by atoms with Gasteiger partial charge in [-0.1, -0.05) is 36.4 Å². The molecule has 0 aliphatic rings. The lowest BCUT2D eigenvalue weighted by Gasteiger charge is -2.23. The number of benzene rings is 2. The summed E-state index contributed by atoms with van der Waals surface area (Å²) >= 11 is 0. The van der Waals surface area contributed by atoms with Crippen LogP contribution in [0.2, 0.25) is 0 Å². The van der Waals surface area contributed by atoms with Gasteiger partial charge in [0.1, 0.15) is 0 Å². The zero-order valence-electron chi connectivity index (χ0n) is 12.3. The minimum atomic E-state index is -2.11. The average molecular weight is 201 g/mol. The highest BCUT2D eigenvalue weighted by Crippen LogP contribution is 2.23. The van der Waals surface area contributed by atoms with Crippen LogP contribution in [0.25, 0.3) is 0 Å². The Hall–Kier alpha value is -1.76. The molecule has 0 unspecified atom stereocenters. The largest absolute Gasteiger partial charge is 0.342 e. The third-order valence-corrected chi connectivity index (χ3v) is 2.16. The maximum atomic E-state index is 8.03. The van der Waals surface area contributed by atoms with E-state index in [9.17, 15) is 0 Å². The first-order valence-corrected chi connectivity index (χ1v) is 4.78. The second kappa shape index (κ2) is 4.65. The van der Waals surface area contributed by atoms with E-state index in [0.29, 0.717) is 11.4 Å². The molecule has 0 bridgehead atoms. The fourth-order valence-electron chi connectivity index (χ4n) is 1.45. The molecular weight excluding hydrogens is 182 g/mol. The van der Waals surface area contributed by atoms with Crippen LogP contribution in [0.15, 0.2) is 60.7 Å². The Kier molecular flexibility index (Phi) is 1.85. The van der Waals surface area contributed by atoms with Crippen molar-refractivity contribution in [2.75, 3.05) is 11.4 Å². The first-order valence-electron chi connectivity index (χ1n) is 6.94. The first-order chi connectivity index (χ1) is 9.03. The normalized spacial score (nSPS) is 15.0. The lowest BCUT2D eigenvalue weighted by Crippen LogP contribution is -2.15. The summed E-state index contributed by atoms with van der Waals surface area (Å²) in [7, 11) is 0. The summed E-state index contributed by atoms with van der Waals surface area (Å²) in [5.74, 6) is 0. The van der Waals surface area contributed by atoms with Crippen LogP contribution in [-0.2, 0) is 0 Å². The van der Waals surface area contributed by atoms with Gasteiger partial charge < -0.3 is 4.90 Å². The smallest absolute Gasteiger partial charge is 0.0494 e. The molecule has 1 heteroatoms. The minimum absolute atomic E-state index is 0.628. The molecule has 0 heterocycles. The van der Waals surface area contributed by atoms with Gasteiger partial charge >= 0.3 is 0 Å². The Bertz CT molecular complexity index is 474. The Labute approximate surface area is 96.6 Å². The monoisotopic (exact) mass is 201 g/mol.